The molecule has 0 amide bonds. The van der Waals surface area contributed by atoms with Crippen molar-refractivity contribution in [3.63, 3.8) is 0 Å². The van der Waals surface area contributed by atoms with E-state index < -0.39 is 0 Å². The van der Waals surface area contributed by atoms with Crippen molar-refractivity contribution >= 4 is 17.4 Å². The van der Waals surface area contributed by atoms with Gasteiger partial charge >= 0.3 is 0 Å². The van der Waals surface area contributed by atoms with Crippen LogP contribution in [0.2, 0.25) is 5.02 Å². The molecule has 0 bridgehead atoms. The summed E-state index contributed by atoms with van der Waals surface area (Å²) in [5.41, 5.74) is 3.17. The summed E-state index contributed by atoms with van der Waals surface area (Å²) in [5.74, 6) is 0.916. The number of aliphatic hydroxyl groups is 1. The average molecular weight is 280 g/mol. The minimum Gasteiger partial charge on any atom is -0.394 e. The topological polar surface area (TPSA) is 50.1 Å². The summed E-state index contributed by atoms with van der Waals surface area (Å²) in [5, 5.41) is 17.4. The van der Waals surface area contributed by atoms with Crippen molar-refractivity contribution in [3.8, 4) is 0 Å². The standard InChI is InChI=1S/C14H18ClN3O/c1-10-7-12(3-4-13(10)15)9-16-14-8-11(2)17-18(14)5-6-19/h3-4,7-8,16,19H,5-6,9H2,1-2H3. The van der Waals surface area contributed by atoms with Crippen LogP contribution in [-0.4, -0.2) is 21.5 Å². The van der Waals surface area contributed by atoms with E-state index in [0.29, 0.717) is 13.1 Å². The van der Waals surface area contributed by atoms with Gasteiger partial charge in [-0.15, -0.1) is 0 Å². The van der Waals surface area contributed by atoms with Gasteiger partial charge in [0, 0.05) is 17.6 Å². The highest BCUT2D eigenvalue weighted by molar-refractivity contribution is 6.31. The molecular formula is C14H18ClN3O. The number of nitrogens with zero attached hydrogens (tertiary/aromatic N) is 2. The zero-order chi connectivity index (χ0) is 13.8. The van der Waals surface area contributed by atoms with E-state index in [2.05, 4.69) is 16.5 Å². The number of hydrogen-bond donors (Lipinski definition) is 2. The van der Waals surface area contributed by atoms with E-state index in [0.717, 1.165) is 27.7 Å². The number of hydrogen-bond acceptors (Lipinski definition) is 3. The Kier molecular flexibility index (Phi) is 4.45. The van der Waals surface area contributed by atoms with Gasteiger partial charge in [-0.1, -0.05) is 23.7 Å². The highest BCUT2D eigenvalue weighted by Crippen LogP contribution is 2.17. The van der Waals surface area contributed by atoms with Crippen LogP contribution < -0.4 is 5.32 Å². The zero-order valence-corrected chi connectivity index (χ0v) is 11.9. The Morgan fingerprint density at radius 3 is 2.79 bits per heavy atom. The van der Waals surface area contributed by atoms with E-state index in [9.17, 15) is 0 Å². The third-order valence-electron chi connectivity index (χ3n) is 2.91. The number of halogens is 1. The summed E-state index contributed by atoms with van der Waals surface area (Å²) in [6, 6.07) is 7.94. The lowest BCUT2D eigenvalue weighted by atomic mass is 10.1. The molecule has 2 aromatic rings. The van der Waals surface area contributed by atoms with Crippen LogP contribution in [0.1, 0.15) is 16.8 Å². The fraction of sp³-hybridized carbons (Fsp3) is 0.357. The maximum absolute atomic E-state index is 9.00. The normalized spacial score (nSPS) is 10.7. The average Bonchev–Trinajstić information content (AvgIpc) is 2.72. The fourth-order valence-electron chi connectivity index (χ4n) is 1.96. The molecule has 19 heavy (non-hydrogen) atoms. The molecule has 2 N–H and O–H groups in total. The first-order chi connectivity index (χ1) is 9.10. The zero-order valence-electron chi connectivity index (χ0n) is 11.2. The Hall–Kier alpha value is -1.52. The first-order valence-electron chi connectivity index (χ1n) is 6.24. The van der Waals surface area contributed by atoms with Crippen LogP contribution in [0, 0.1) is 13.8 Å². The predicted molar refractivity (Wildman–Crippen MR) is 77.6 cm³/mol. The van der Waals surface area contributed by atoms with Gasteiger partial charge in [0.2, 0.25) is 0 Å². The van der Waals surface area contributed by atoms with Crippen LogP contribution in [0.5, 0.6) is 0 Å². The van der Waals surface area contributed by atoms with E-state index >= 15 is 0 Å². The maximum Gasteiger partial charge on any atom is 0.124 e. The summed E-state index contributed by atoms with van der Waals surface area (Å²) >= 11 is 6.01. The number of aryl methyl sites for hydroxylation is 2. The van der Waals surface area contributed by atoms with Gasteiger partial charge in [0.1, 0.15) is 5.82 Å². The SMILES string of the molecule is Cc1cc(NCc2ccc(Cl)c(C)c2)n(CCO)n1. The van der Waals surface area contributed by atoms with Crippen molar-refractivity contribution in [2.45, 2.75) is 26.9 Å². The number of aliphatic hydroxyl groups excluding tert-OH is 1. The third kappa shape index (κ3) is 3.49. The molecule has 0 aliphatic rings. The predicted octanol–water partition coefficient (Wildman–Crippen LogP) is 2.76. The summed E-state index contributed by atoms with van der Waals surface area (Å²) in [7, 11) is 0. The Bertz CT molecular complexity index is 566. The van der Waals surface area contributed by atoms with Crippen LogP contribution in [0.4, 0.5) is 5.82 Å². The first-order valence-corrected chi connectivity index (χ1v) is 6.62. The third-order valence-corrected chi connectivity index (χ3v) is 3.33. The molecule has 102 valence electrons. The monoisotopic (exact) mass is 279 g/mol. The van der Waals surface area contributed by atoms with Crippen molar-refractivity contribution in [2.24, 2.45) is 0 Å². The molecule has 1 aromatic heterocycles. The number of rotatable bonds is 5. The second-order valence-electron chi connectivity index (χ2n) is 4.55. The number of benzene rings is 1. The molecule has 0 saturated carbocycles. The second-order valence-corrected chi connectivity index (χ2v) is 4.96. The quantitative estimate of drug-likeness (QED) is 0.885. The summed E-state index contributed by atoms with van der Waals surface area (Å²) in [6.07, 6.45) is 0. The fourth-order valence-corrected chi connectivity index (χ4v) is 2.08. The lowest BCUT2D eigenvalue weighted by Gasteiger charge is -2.09. The molecule has 0 aliphatic carbocycles. The minimum atomic E-state index is 0.0792. The lowest BCUT2D eigenvalue weighted by Crippen LogP contribution is -2.10. The Balaban J connectivity index is 2.07. The molecule has 0 spiro atoms. The molecule has 0 aliphatic heterocycles. The largest absolute Gasteiger partial charge is 0.394 e. The van der Waals surface area contributed by atoms with Gasteiger partial charge in [0.15, 0.2) is 0 Å². The van der Waals surface area contributed by atoms with Gasteiger partial charge in [-0.3, -0.25) is 0 Å². The van der Waals surface area contributed by atoms with Gasteiger partial charge in [-0.05, 0) is 31.0 Å². The van der Waals surface area contributed by atoms with Crippen molar-refractivity contribution in [1.82, 2.24) is 9.78 Å². The Labute approximate surface area is 118 Å². The molecule has 1 heterocycles. The van der Waals surface area contributed by atoms with Gasteiger partial charge in [0.25, 0.3) is 0 Å². The maximum atomic E-state index is 9.00. The van der Waals surface area contributed by atoms with Crippen molar-refractivity contribution in [1.29, 1.82) is 0 Å². The summed E-state index contributed by atoms with van der Waals surface area (Å²) < 4.78 is 1.78. The van der Waals surface area contributed by atoms with E-state index in [1.165, 1.54) is 0 Å². The van der Waals surface area contributed by atoms with E-state index in [-0.39, 0.29) is 6.61 Å². The molecule has 0 saturated heterocycles. The van der Waals surface area contributed by atoms with Crippen LogP contribution in [0.3, 0.4) is 0 Å². The van der Waals surface area contributed by atoms with Crippen LogP contribution in [-0.2, 0) is 13.1 Å². The smallest absolute Gasteiger partial charge is 0.124 e. The second kappa shape index (κ2) is 6.08. The summed E-state index contributed by atoms with van der Waals surface area (Å²) in [6.45, 7) is 5.21. The molecular weight excluding hydrogens is 262 g/mol. The molecule has 4 nitrogen and oxygen atoms in total. The Morgan fingerprint density at radius 1 is 1.32 bits per heavy atom. The van der Waals surface area contributed by atoms with E-state index in [1.807, 2.05) is 32.0 Å². The van der Waals surface area contributed by atoms with Crippen LogP contribution >= 0.6 is 11.6 Å². The molecule has 0 radical (unpaired) electrons. The highest BCUT2D eigenvalue weighted by Gasteiger charge is 2.05. The van der Waals surface area contributed by atoms with Crippen LogP contribution in [0.15, 0.2) is 24.3 Å². The van der Waals surface area contributed by atoms with Gasteiger partial charge in [0.05, 0.1) is 18.8 Å². The number of anilines is 1. The van der Waals surface area contributed by atoms with Gasteiger partial charge < -0.3 is 10.4 Å². The van der Waals surface area contributed by atoms with Crippen LogP contribution in [0.25, 0.3) is 0 Å². The number of aromatic nitrogens is 2. The first kappa shape index (κ1) is 13.9. The molecule has 0 atom stereocenters. The molecule has 5 heteroatoms. The molecule has 0 unspecified atom stereocenters. The van der Waals surface area contributed by atoms with Crippen molar-refractivity contribution in [2.75, 3.05) is 11.9 Å². The highest BCUT2D eigenvalue weighted by atomic mass is 35.5. The summed E-state index contributed by atoms with van der Waals surface area (Å²) in [4.78, 5) is 0. The van der Waals surface area contributed by atoms with Crippen molar-refractivity contribution in [3.05, 3.63) is 46.1 Å². The molecule has 1 aromatic carbocycles. The van der Waals surface area contributed by atoms with Gasteiger partial charge in [-0.2, -0.15) is 5.10 Å². The van der Waals surface area contributed by atoms with E-state index in [4.69, 9.17) is 16.7 Å². The van der Waals surface area contributed by atoms with Crippen molar-refractivity contribution < 1.29 is 5.11 Å². The molecule has 0 fully saturated rings. The molecule has 2 rings (SSSR count). The van der Waals surface area contributed by atoms with Gasteiger partial charge in [-0.25, -0.2) is 4.68 Å². The number of nitrogens with one attached hydrogen (secondary N) is 1. The minimum absolute atomic E-state index is 0.0792. The lowest BCUT2D eigenvalue weighted by molar-refractivity contribution is 0.270. The Morgan fingerprint density at radius 2 is 2.11 bits per heavy atom. The van der Waals surface area contributed by atoms with E-state index in [1.54, 1.807) is 4.68 Å².